The third-order valence-electron chi connectivity index (χ3n) is 2.64. The highest BCUT2D eigenvalue weighted by Gasteiger charge is 2.31. The molecule has 1 heterocycles. The lowest BCUT2D eigenvalue weighted by Crippen LogP contribution is -2.35. The van der Waals surface area contributed by atoms with E-state index in [0.29, 0.717) is 13.1 Å². The summed E-state index contributed by atoms with van der Waals surface area (Å²) in [5, 5.41) is 0. The number of carbonyl (C=O) groups is 2. The Morgan fingerprint density at radius 2 is 2.00 bits per heavy atom. The van der Waals surface area contributed by atoms with Gasteiger partial charge in [0.25, 0.3) is 0 Å². The van der Waals surface area contributed by atoms with E-state index in [2.05, 4.69) is 0 Å². The molecule has 1 aliphatic heterocycles. The van der Waals surface area contributed by atoms with E-state index in [-0.39, 0.29) is 12.6 Å². The zero-order valence-electron chi connectivity index (χ0n) is 9.63. The maximum absolute atomic E-state index is 11.6. The van der Waals surface area contributed by atoms with Crippen LogP contribution >= 0.6 is 0 Å². The van der Waals surface area contributed by atoms with Crippen molar-refractivity contribution >= 4 is 12.1 Å². The van der Waals surface area contributed by atoms with Crippen molar-refractivity contribution in [2.75, 3.05) is 20.1 Å². The summed E-state index contributed by atoms with van der Waals surface area (Å²) in [6, 6.07) is 9.07. The first-order chi connectivity index (χ1) is 8.18. The molecule has 5 nitrogen and oxygen atoms in total. The van der Waals surface area contributed by atoms with Gasteiger partial charge in [-0.05, 0) is 5.56 Å². The summed E-state index contributed by atoms with van der Waals surface area (Å²) < 4.78 is 5.07. The third kappa shape index (κ3) is 2.55. The van der Waals surface area contributed by atoms with Crippen LogP contribution in [0, 0.1) is 0 Å². The van der Waals surface area contributed by atoms with Crippen molar-refractivity contribution in [3.63, 3.8) is 0 Å². The molecule has 17 heavy (non-hydrogen) atoms. The molecule has 0 unspecified atom stereocenters. The fraction of sp³-hybridized carbons (Fsp3) is 0.333. The van der Waals surface area contributed by atoms with Gasteiger partial charge in [-0.1, -0.05) is 30.3 Å². The lowest BCUT2D eigenvalue weighted by atomic mass is 10.2. The van der Waals surface area contributed by atoms with Crippen LogP contribution in [0.25, 0.3) is 0 Å². The van der Waals surface area contributed by atoms with Gasteiger partial charge >= 0.3 is 12.1 Å². The number of hydrogen-bond donors (Lipinski definition) is 0. The molecule has 1 saturated heterocycles. The Kier molecular flexibility index (Phi) is 3.27. The minimum absolute atomic E-state index is 0.188. The van der Waals surface area contributed by atoms with Crippen molar-refractivity contribution in [1.82, 2.24) is 9.80 Å². The molecule has 0 atom stereocenters. The number of imide groups is 1. The average molecular weight is 234 g/mol. The molecule has 1 aliphatic rings. The second-order valence-corrected chi connectivity index (χ2v) is 3.90. The number of carbonyl (C=O) groups excluding carboxylic acids is 2. The Hall–Kier alpha value is -2.04. The zero-order chi connectivity index (χ0) is 12.3. The first-order valence-corrected chi connectivity index (χ1v) is 5.42. The van der Waals surface area contributed by atoms with E-state index in [1.54, 1.807) is 7.05 Å². The number of hydrogen-bond acceptors (Lipinski definition) is 3. The highest BCUT2D eigenvalue weighted by atomic mass is 16.6. The lowest BCUT2D eigenvalue weighted by Gasteiger charge is -2.14. The summed E-state index contributed by atoms with van der Waals surface area (Å²) >= 11 is 0. The highest BCUT2D eigenvalue weighted by Crippen LogP contribution is 2.09. The molecule has 0 spiro atoms. The monoisotopic (exact) mass is 234 g/mol. The standard InChI is InChI=1S/C12H14N2O3/c1-13-7-8-14(11(13)15)12(16)17-9-10-5-3-2-4-6-10/h2-6H,7-9H2,1H3. The third-order valence-corrected chi connectivity index (χ3v) is 2.64. The van der Waals surface area contributed by atoms with Crippen LogP contribution in [0.15, 0.2) is 30.3 Å². The average Bonchev–Trinajstić information content (AvgIpc) is 2.69. The van der Waals surface area contributed by atoms with Crippen LogP contribution in [0.3, 0.4) is 0 Å². The second kappa shape index (κ2) is 4.86. The topological polar surface area (TPSA) is 49.9 Å². The predicted molar refractivity (Wildman–Crippen MR) is 61.4 cm³/mol. The first kappa shape index (κ1) is 11.4. The summed E-state index contributed by atoms with van der Waals surface area (Å²) in [4.78, 5) is 25.7. The van der Waals surface area contributed by atoms with E-state index in [1.165, 1.54) is 4.90 Å². The van der Waals surface area contributed by atoms with Gasteiger partial charge in [0.2, 0.25) is 0 Å². The molecule has 5 heteroatoms. The minimum Gasteiger partial charge on any atom is -0.444 e. The largest absolute Gasteiger partial charge is 0.444 e. The number of rotatable bonds is 2. The van der Waals surface area contributed by atoms with Gasteiger partial charge in [0.1, 0.15) is 6.61 Å². The Bertz CT molecular complexity index is 419. The number of ether oxygens (including phenoxy) is 1. The maximum Gasteiger partial charge on any atom is 0.418 e. The Morgan fingerprint density at radius 3 is 2.59 bits per heavy atom. The molecule has 0 aliphatic carbocycles. The molecular formula is C12H14N2O3. The second-order valence-electron chi connectivity index (χ2n) is 3.90. The minimum atomic E-state index is -0.580. The van der Waals surface area contributed by atoms with E-state index in [9.17, 15) is 9.59 Å². The number of likely N-dealkylation sites (N-methyl/N-ethyl adjacent to an activating group) is 1. The molecule has 0 saturated carbocycles. The summed E-state index contributed by atoms with van der Waals surface area (Å²) in [5.74, 6) is 0. The van der Waals surface area contributed by atoms with Crippen molar-refractivity contribution in [3.05, 3.63) is 35.9 Å². The van der Waals surface area contributed by atoms with Crippen molar-refractivity contribution in [1.29, 1.82) is 0 Å². The summed E-state index contributed by atoms with van der Waals surface area (Å²) in [5.41, 5.74) is 0.904. The van der Waals surface area contributed by atoms with Gasteiger partial charge in [0, 0.05) is 13.6 Å². The molecule has 1 aromatic carbocycles. The number of benzene rings is 1. The first-order valence-electron chi connectivity index (χ1n) is 5.42. The van der Waals surface area contributed by atoms with Gasteiger partial charge in [-0.25, -0.2) is 14.5 Å². The molecule has 3 amide bonds. The fourth-order valence-electron chi connectivity index (χ4n) is 1.61. The SMILES string of the molecule is CN1CCN(C(=O)OCc2ccccc2)C1=O. The van der Waals surface area contributed by atoms with Crippen LogP contribution in [0.4, 0.5) is 9.59 Å². The lowest BCUT2D eigenvalue weighted by molar-refractivity contribution is 0.109. The fourth-order valence-corrected chi connectivity index (χ4v) is 1.61. The van der Waals surface area contributed by atoms with Crippen LogP contribution in [-0.4, -0.2) is 42.1 Å². The Morgan fingerprint density at radius 1 is 1.29 bits per heavy atom. The Labute approximate surface area is 99.6 Å². The number of urea groups is 1. The van der Waals surface area contributed by atoms with Crippen LogP contribution < -0.4 is 0 Å². The number of amides is 3. The van der Waals surface area contributed by atoms with Gasteiger partial charge in [-0.2, -0.15) is 0 Å². The highest BCUT2D eigenvalue weighted by molar-refractivity contribution is 5.92. The van der Waals surface area contributed by atoms with Crippen LogP contribution in [0.2, 0.25) is 0 Å². The van der Waals surface area contributed by atoms with E-state index in [0.717, 1.165) is 10.5 Å². The van der Waals surface area contributed by atoms with Crippen LogP contribution in [0.1, 0.15) is 5.56 Å². The molecule has 0 bridgehead atoms. The zero-order valence-corrected chi connectivity index (χ0v) is 9.63. The van der Waals surface area contributed by atoms with Crippen LogP contribution in [-0.2, 0) is 11.3 Å². The van der Waals surface area contributed by atoms with Gasteiger partial charge < -0.3 is 9.64 Å². The molecule has 0 aromatic heterocycles. The maximum atomic E-state index is 11.6. The number of nitrogens with zero attached hydrogens (tertiary/aromatic N) is 2. The molecule has 0 N–H and O–H groups in total. The van der Waals surface area contributed by atoms with Gasteiger partial charge in [0.05, 0.1) is 6.54 Å². The smallest absolute Gasteiger partial charge is 0.418 e. The van der Waals surface area contributed by atoms with Crippen LogP contribution in [0.5, 0.6) is 0 Å². The van der Waals surface area contributed by atoms with Gasteiger partial charge in [-0.15, -0.1) is 0 Å². The van der Waals surface area contributed by atoms with Crippen molar-refractivity contribution < 1.29 is 14.3 Å². The van der Waals surface area contributed by atoms with Crippen molar-refractivity contribution in [2.45, 2.75) is 6.61 Å². The molecule has 2 rings (SSSR count). The summed E-state index contributed by atoms with van der Waals surface area (Å²) in [6.07, 6.45) is -0.580. The van der Waals surface area contributed by atoms with Crippen molar-refractivity contribution in [2.24, 2.45) is 0 Å². The van der Waals surface area contributed by atoms with Gasteiger partial charge in [-0.3, -0.25) is 0 Å². The quantitative estimate of drug-likeness (QED) is 0.782. The van der Waals surface area contributed by atoms with Crippen molar-refractivity contribution in [3.8, 4) is 0 Å². The normalized spacial score (nSPS) is 15.2. The van der Waals surface area contributed by atoms with Gasteiger partial charge in [0.15, 0.2) is 0 Å². The van der Waals surface area contributed by atoms with E-state index < -0.39 is 6.09 Å². The van der Waals surface area contributed by atoms with E-state index in [4.69, 9.17) is 4.74 Å². The predicted octanol–water partition coefficient (Wildman–Crippen LogP) is 1.69. The molecule has 90 valence electrons. The summed E-state index contributed by atoms with van der Waals surface area (Å²) in [7, 11) is 1.66. The Balaban J connectivity index is 1.88. The summed E-state index contributed by atoms with van der Waals surface area (Å²) in [6.45, 7) is 1.13. The molecule has 1 fully saturated rings. The van der Waals surface area contributed by atoms with E-state index >= 15 is 0 Å². The molecule has 0 radical (unpaired) electrons. The molecule has 1 aromatic rings. The van der Waals surface area contributed by atoms with E-state index in [1.807, 2.05) is 30.3 Å². The molecular weight excluding hydrogens is 220 g/mol.